The summed E-state index contributed by atoms with van der Waals surface area (Å²) in [5, 5.41) is 3.23. The van der Waals surface area contributed by atoms with Crippen LogP contribution in [0.4, 0.5) is 8.78 Å². The largest absolute Gasteiger partial charge is 0.374 e. The fraction of sp³-hybridized carbons (Fsp3) is 0.625. The van der Waals surface area contributed by atoms with Crippen LogP contribution in [-0.2, 0) is 11.2 Å². The van der Waals surface area contributed by atoms with E-state index in [0.29, 0.717) is 18.6 Å². The predicted molar refractivity (Wildman–Crippen MR) is 77.8 cm³/mol. The standard InChI is InChI=1S/C16H25F2NO/c1-5-16(6-2,20-7-3)15(19-4)10-12-8-9-13(17)11-14(12)18/h8-9,11,15,19H,5-7,10H2,1-4H3. The molecule has 0 fully saturated rings. The van der Waals surface area contributed by atoms with Crippen molar-refractivity contribution in [2.75, 3.05) is 13.7 Å². The van der Waals surface area contributed by atoms with Gasteiger partial charge in [0.25, 0.3) is 0 Å². The van der Waals surface area contributed by atoms with Crippen molar-refractivity contribution in [3.63, 3.8) is 0 Å². The summed E-state index contributed by atoms with van der Waals surface area (Å²) in [7, 11) is 1.85. The van der Waals surface area contributed by atoms with E-state index in [1.165, 1.54) is 12.1 Å². The topological polar surface area (TPSA) is 21.3 Å². The first-order valence-corrected chi connectivity index (χ1v) is 7.28. The fourth-order valence-corrected chi connectivity index (χ4v) is 2.79. The molecule has 2 nitrogen and oxygen atoms in total. The molecular formula is C16H25F2NO. The molecular weight excluding hydrogens is 260 g/mol. The molecule has 1 rings (SSSR count). The Kier molecular flexibility index (Phi) is 6.56. The minimum Gasteiger partial charge on any atom is -0.374 e. The van der Waals surface area contributed by atoms with Crippen molar-refractivity contribution >= 4 is 0 Å². The van der Waals surface area contributed by atoms with Crippen LogP contribution in [0.1, 0.15) is 39.2 Å². The van der Waals surface area contributed by atoms with Crippen LogP contribution in [0.3, 0.4) is 0 Å². The molecule has 1 atom stereocenters. The summed E-state index contributed by atoms with van der Waals surface area (Å²) in [6.45, 7) is 6.73. The first kappa shape index (κ1) is 17.1. The molecule has 0 bridgehead atoms. The van der Waals surface area contributed by atoms with Crippen LogP contribution in [0.25, 0.3) is 0 Å². The SMILES string of the molecule is CCOC(CC)(CC)C(Cc1ccc(F)cc1F)NC. The van der Waals surface area contributed by atoms with Gasteiger partial charge in [-0.25, -0.2) is 8.78 Å². The maximum atomic E-state index is 13.8. The molecule has 20 heavy (non-hydrogen) atoms. The smallest absolute Gasteiger partial charge is 0.129 e. The predicted octanol–water partition coefficient (Wildman–Crippen LogP) is 3.69. The summed E-state index contributed by atoms with van der Waals surface area (Å²) in [6, 6.07) is 3.72. The van der Waals surface area contributed by atoms with Crippen LogP contribution in [-0.4, -0.2) is 25.3 Å². The Bertz CT molecular complexity index is 419. The third kappa shape index (κ3) is 3.76. The van der Waals surface area contributed by atoms with Gasteiger partial charge in [0.15, 0.2) is 0 Å². The molecule has 0 heterocycles. The zero-order valence-electron chi connectivity index (χ0n) is 12.8. The molecule has 1 N–H and O–H groups in total. The molecule has 114 valence electrons. The molecule has 0 spiro atoms. The summed E-state index contributed by atoms with van der Waals surface area (Å²) in [5.41, 5.74) is 0.182. The quantitative estimate of drug-likeness (QED) is 0.786. The van der Waals surface area contributed by atoms with Gasteiger partial charge in [-0.05, 0) is 44.9 Å². The second-order valence-corrected chi connectivity index (χ2v) is 4.99. The number of benzene rings is 1. The monoisotopic (exact) mass is 285 g/mol. The van der Waals surface area contributed by atoms with E-state index < -0.39 is 11.6 Å². The Balaban J connectivity index is 2.99. The van der Waals surface area contributed by atoms with Gasteiger partial charge in [-0.1, -0.05) is 19.9 Å². The lowest BCUT2D eigenvalue weighted by Crippen LogP contribution is -2.52. The van der Waals surface area contributed by atoms with Gasteiger partial charge in [0.1, 0.15) is 11.6 Å². The first-order chi connectivity index (χ1) is 9.52. The number of nitrogens with one attached hydrogen (secondary N) is 1. The van der Waals surface area contributed by atoms with Crippen molar-refractivity contribution < 1.29 is 13.5 Å². The molecule has 0 amide bonds. The van der Waals surface area contributed by atoms with E-state index in [1.807, 2.05) is 14.0 Å². The van der Waals surface area contributed by atoms with Gasteiger partial charge in [0, 0.05) is 18.7 Å². The third-order valence-corrected chi connectivity index (χ3v) is 4.05. The van der Waals surface area contributed by atoms with Crippen molar-refractivity contribution in [2.24, 2.45) is 0 Å². The highest BCUT2D eigenvalue weighted by Crippen LogP contribution is 2.28. The Morgan fingerprint density at radius 1 is 1.20 bits per heavy atom. The normalized spacial score (nSPS) is 13.5. The second-order valence-electron chi connectivity index (χ2n) is 4.99. The maximum absolute atomic E-state index is 13.8. The van der Waals surface area contributed by atoms with Crippen molar-refractivity contribution in [1.29, 1.82) is 0 Å². The summed E-state index contributed by atoms with van der Waals surface area (Å²) in [6.07, 6.45) is 2.15. The van der Waals surface area contributed by atoms with E-state index in [-0.39, 0.29) is 11.6 Å². The minimum atomic E-state index is -0.547. The number of rotatable bonds is 8. The zero-order valence-corrected chi connectivity index (χ0v) is 12.8. The maximum Gasteiger partial charge on any atom is 0.129 e. The van der Waals surface area contributed by atoms with Gasteiger partial charge in [-0.3, -0.25) is 0 Å². The van der Waals surface area contributed by atoms with Crippen LogP contribution in [0.2, 0.25) is 0 Å². The highest BCUT2D eigenvalue weighted by Gasteiger charge is 2.35. The molecule has 1 aromatic carbocycles. The van der Waals surface area contributed by atoms with Crippen molar-refractivity contribution in [2.45, 2.75) is 51.7 Å². The van der Waals surface area contributed by atoms with Crippen LogP contribution >= 0.6 is 0 Å². The van der Waals surface area contributed by atoms with Crippen molar-refractivity contribution in [1.82, 2.24) is 5.32 Å². The van der Waals surface area contributed by atoms with Crippen molar-refractivity contribution in [3.8, 4) is 0 Å². The summed E-state index contributed by atoms with van der Waals surface area (Å²) >= 11 is 0. The van der Waals surface area contributed by atoms with Crippen LogP contribution in [0, 0.1) is 11.6 Å². The van der Waals surface area contributed by atoms with Gasteiger partial charge in [0.05, 0.1) is 5.60 Å². The number of hydrogen-bond donors (Lipinski definition) is 1. The molecule has 1 aromatic rings. The molecule has 0 aliphatic rings. The number of halogens is 2. The van der Waals surface area contributed by atoms with Gasteiger partial charge >= 0.3 is 0 Å². The molecule has 4 heteroatoms. The first-order valence-electron chi connectivity index (χ1n) is 7.28. The van der Waals surface area contributed by atoms with E-state index in [4.69, 9.17) is 4.74 Å². The van der Waals surface area contributed by atoms with Gasteiger partial charge in [-0.2, -0.15) is 0 Å². The van der Waals surface area contributed by atoms with Crippen LogP contribution in [0.5, 0.6) is 0 Å². The summed E-state index contributed by atoms with van der Waals surface area (Å²) in [5.74, 6) is -1.04. The highest BCUT2D eigenvalue weighted by atomic mass is 19.1. The molecule has 0 aliphatic heterocycles. The lowest BCUT2D eigenvalue weighted by Gasteiger charge is -2.39. The summed E-state index contributed by atoms with van der Waals surface area (Å²) < 4.78 is 32.8. The average Bonchev–Trinajstić information content (AvgIpc) is 2.44. The van der Waals surface area contributed by atoms with E-state index in [0.717, 1.165) is 18.9 Å². The highest BCUT2D eigenvalue weighted by molar-refractivity contribution is 5.20. The van der Waals surface area contributed by atoms with E-state index in [2.05, 4.69) is 19.2 Å². The number of ether oxygens (including phenoxy) is 1. The van der Waals surface area contributed by atoms with Crippen LogP contribution in [0.15, 0.2) is 18.2 Å². The lowest BCUT2D eigenvalue weighted by molar-refractivity contribution is -0.0705. The average molecular weight is 285 g/mol. The second kappa shape index (κ2) is 7.70. The number of hydrogen-bond acceptors (Lipinski definition) is 2. The summed E-state index contributed by atoms with van der Waals surface area (Å²) in [4.78, 5) is 0. The lowest BCUT2D eigenvalue weighted by atomic mass is 9.84. The fourth-order valence-electron chi connectivity index (χ4n) is 2.79. The van der Waals surface area contributed by atoms with Crippen LogP contribution < -0.4 is 5.32 Å². The van der Waals surface area contributed by atoms with Gasteiger partial charge < -0.3 is 10.1 Å². The van der Waals surface area contributed by atoms with Gasteiger partial charge in [-0.15, -0.1) is 0 Å². The van der Waals surface area contributed by atoms with E-state index in [1.54, 1.807) is 0 Å². The number of likely N-dealkylation sites (N-methyl/N-ethyl adjacent to an activating group) is 1. The Hall–Kier alpha value is -1.00. The zero-order chi connectivity index (χ0) is 15.2. The Labute approximate surface area is 120 Å². The molecule has 0 aromatic heterocycles. The molecule has 1 unspecified atom stereocenters. The van der Waals surface area contributed by atoms with E-state index in [9.17, 15) is 8.78 Å². The van der Waals surface area contributed by atoms with E-state index >= 15 is 0 Å². The molecule has 0 saturated heterocycles. The molecule has 0 aliphatic carbocycles. The molecule has 0 radical (unpaired) electrons. The van der Waals surface area contributed by atoms with Crippen molar-refractivity contribution in [3.05, 3.63) is 35.4 Å². The molecule has 0 saturated carbocycles. The van der Waals surface area contributed by atoms with Gasteiger partial charge in [0.2, 0.25) is 0 Å². The Morgan fingerprint density at radius 2 is 1.85 bits per heavy atom. The third-order valence-electron chi connectivity index (χ3n) is 4.05. The Morgan fingerprint density at radius 3 is 2.30 bits per heavy atom. The minimum absolute atomic E-state index is 0.0163.